The molecular formula is C10H9F4NO3. The first-order valence-corrected chi connectivity index (χ1v) is 4.90. The summed E-state index contributed by atoms with van der Waals surface area (Å²) in [4.78, 5) is 17.0. The van der Waals surface area contributed by atoms with E-state index in [-0.39, 0.29) is 12.2 Å². The fourth-order valence-corrected chi connectivity index (χ4v) is 1.15. The summed E-state index contributed by atoms with van der Waals surface area (Å²) in [6.45, 7) is 1.49. The third-order valence-electron chi connectivity index (χ3n) is 2.01. The molecule has 0 aliphatic heterocycles. The second kappa shape index (κ2) is 5.65. The number of carbonyl (C=O) groups is 1. The van der Waals surface area contributed by atoms with E-state index < -0.39 is 23.9 Å². The molecule has 0 aromatic carbocycles. The van der Waals surface area contributed by atoms with Crippen LogP contribution in [0.5, 0.6) is 5.75 Å². The molecule has 100 valence electrons. The largest absolute Gasteiger partial charge is 0.478 e. The Labute approximate surface area is 99.4 Å². The summed E-state index contributed by atoms with van der Waals surface area (Å²) in [5.41, 5.74) is -1.16. The fourth-order valence-electron chi connectivity index (χ4n) is 1.15. The maximum Gasteiger partial charge on any atom is 0.433 e. The van der Waals surface area contributed by atoms with Crippen LogP contribution in [0.4, 0.5) is 17.7 Å². The molecule has 0 radical (unpaired) electrons. The number of alkyl halides is 3. The highest BCUT2D eigenvalue weighted by molar-refractivity contribution is 5.74. The van der Waals surface area contributed by atoms with E-state index >= 15 is 0 Å². The summed E-state index contributed by atoms with van der Waals surface area (Å²) in [6, 6.07) is 1.75. The molecular weight excluding hydrogens is 258 g/mol. The zero-order valence-electron chi connectivity index (χ0n) is 9.20. The molecule has 0 saturated heterocycles. The highest BCUT2D eigenvalue weighted by Gasteiger charge is 2.33. The molecule has 18 heavy (non-hydrogen) atoms. The van der Waals surface area contributed by atoms with Crippen LogP contribution < -0.4 is 4.74 Å². The fraction of sp³-hybridized carbons (Fsp3) is 0.400. The summed E-state index contributed by atoms with van der Waals surface area (Å²) in [5, 5.41) is 0. The van der Waals surface area contributed by atoms with Crippen LogP contribution in [0, 0.1) is 0 Å². The van der Waals surface area contributed by atoms with Gasteiger partial charge in [-0.15, -0.1) is 0 Å². The van der Waals surface area contributed by atoms with Crippen molar-refractivity contribution < 1.29 is 32.2 Å². The van der Waals surface area contributed by atoms with Crippen LogP contribution in [-0.2, 0) is 15.9 Å². The van der Waals surface area contributed by atoms with Crippen molar-refractivity contribution in [3.63, 3.8) is 0 Å². The van der Waals surface area contributed by atoms with E-state index in [4.69, 9.17) is 4.74 Å². The van der Waals surface area contributed by atoms with Crippen molar-refractivity contribution >= 4 is 5.97 Å². The van der Waals surface area contributed by atoms with Crippen LogP contribution in [0.2, 0.25) is 0 Å². The first-order valence-electron chi connectivity index (χ1n) is 4.90. The average Bonchev–Trinajstić information content (AvgIpc) is 2.34. The van der Waals surface area contributed by atoms with Crippen LogP contribution in [0.3, 0.4) is 0 Å². The van der Waals surface area contributed by atoms with Crippen molar-refractivity contribution in [1.82, 2.24) is 4.98 Å². The minimum atomic E-state index is -4.62. The van der Waals surface area contributed by atoms with Gasteiger partial charge in [-0.3, -0.25) is 9.93 Å². The van der Waals surface area contributed by atoms with Crippen LogP contribution >= 0.6 is 0 Å². The van der Waals surface area contributed by atoms with Gasteiger partial charge in [0.15, 0.2) is 6.10 Å². The van der Waals surface area contributed by atoms with E-state index in [1.54, 1.807) is 0 Å². The van der Waals surface area contributed by atoms with Gasteiger partial charge in [-0.2, -0.15) is 13.2 Å². The highest BCUT2D eigenvalue weighted by Crippen LogP contribution is 2.29. The summed E-state index contributed by atoms with van der Waals surface area (Å²) in [5.74, 6) is -1.54. The third kappa shape index (κ3) is 3.57. The second-order valence-corrected chi connectivity index (χ2v) is 3.29. The highest BCUT2D eigenvalue weighted by atomic mass is 19.4. The molecule has 4 nitrogen and oxygen atoms in total. The predicted molar refractivity (Wildman–Crippen MR) is 51.1 cm³/mol. The van der Waals surface area contributed by atoms with Crippen molar-refractivity contribution in [3.05, 3.63) is 24.0 Å². The van der Waals surface area contributed by atoms with Gasteiger partial charge in [0.05, 0.1) is 0 Å². The molecule has 1 aromatic heterocycles. The minimum absolute atomic E-state index is 0.0480. The van der Waals surface area contributed by atoms with Crippen LogP contribution in [0.25, 0.3) is 0 Å². The van der Waals surface area contributed by atoms with Gasteiger partial charge >= 0.3 is 12.1 Å². The number of aromatic nitrogens is 1. The van der Waals surface area contributed by atoms with Crippen LogP contribution in [0.1, 0.15) is 19.0 Å². The normalized spacial score (nSPS) is 12.9. The summed E-state index contributed by atoms with van der Waals surface area (Å²) in [7, 11) is 0. The molecule has 0 spiro atoms. The molecule has 0 saturated carbocycles. The molecule has 1 rings (SSSR count). The van der Waals surface area contributed by atoms with Crippen molar-refractivity contribution in [2.45, 2.75) is 25.6 Å². The standard InChI is InChI=1S/C10H9F4NO3/c1-2-7(9(16)18-14)17-6-3-4-15-8(5-6)10(11,12)13/h3-5,7H,2H2,1H3. The third-order valence-corrected chi connectivity index (χ3v) is 2.01. The molecule has 8 heteroatoms. The van der Waals surface area contributed by atoms with Gasteiger partial charge < -0.3 is 4.74 Å². The molecule has 0 aliphatic carbocycles. The Hall–Kier alpha value is -1.86. The number of pyridine rings is 1. The zero-order chi connectivity index (χ0) is 13.8. The number of ether oxygens (including phenoxy) is 1. The lowest BCUT2D eigenvalue weighted by Crippen LogP contribution is -2.27. The molecule has 0 N–H and O–H groups in total. The van der Waals surface area contributed by atoms with Gasteiger partial charge in [-0.1, -0.05) is 6.92 Å². The lowest BCUT2D eigenvalue weighted by atomic mass is 10.2. The van der Waals surface area contributed by atoms with Gasteiger partial charge in [0, 0.05) is 16.8 Å². The number of halogens is 4. The Morgan fingerprint density at radius 1 is 1.50 bits per heavy atom. The Balaban J connectivity index is 2.88. The molecule has 1 atom stereocenters. The molecule has 1 unspecified atom stereocenters. The van der Waals surface area contributed by atoms with E-state index in [1.165, 1.54) is 6.92 Å². The maximum absolute atomic E-state index is 12.3. The van der Waals surface area contributed by atoms with Crippen molar-refractivity contribution in [2.75, 3.05) is 0 Å². The number of hydrogen-bond donors (Lipinski definition) is 0. The van der Waals surface area contributed by atoms with Crippen molar-refractivity contribution in [3.8, 4) is 5.75 Å². The minimum Gasteiger partial charge on any atom is -0.478 e. The van der Waals surface area contributed by atoms with Crippen LogP contribution in [0.15, 0.2) is 18.3 Å². The van der Waals surface area contributed by atoms with E-state index in [0.29, 0.717) is 6.07 Å². The summed E-state index contributed by atoms with van der Waals surface area (Å²) < 4.78 is 53.6. The van der Waals surface area contributed by atoms with Crippen LogP contribution in [-0.4, -0.2) is 17.1 Å². The SMILES string of the molecule is CCC(Oc1ccnc(C(F)(F)F)c1)C(=O)OF. The van der Waals surface area contributed by atoms with E-state index in [1.807, 2.05) is 0 Å². The number of rotatable bonds is 4. The average molecular weight is 267 g/mol. The Morgan fingerprint density at radius 2 is 2.17 bits per heavy atom. The number of hydrogen-bond acceptors (Lipinski definition) is 4. The van der Waals surface area contributed by atoms with Gasteiger partial charge in [-0.05, 0) is 12.5 Å². The maximum atomic E-state index is 12.3. The van der Waals surface area contributed by atoms with E-state index in [2.05, 4.69) is 9.93 Å². The molecule has 0 amide bonds. The Bertz CT molecular complexity index is 422. The summed E-state index contributed by atoms with van der Waals surface area (Å²) >= 11 is 0. The molecule has 0 aliphatic rings. The topological polar surface area (TPSA) is 48.4 Å². The quantitative estimate of drug-likeness (QED) is 0.787. The van der Waals surface area contributed by atoms with Gasteiger partial charge in [0.1, 0.15) is 11.4 Å². The van der Waals surface area contributed by atoms with E-state index in [9.17, 15) is 22.5 Å². The van der Waals surface area contributed by atoms with Gasteiger partial charge in [0.25, 0.3) is 0 Å². The zero-order valence-corrected chi connectivity index (χ0v) is 9.20. The molecule has 1 aromatic rings. The van der Waals surface area contributed by atoms with Gasteiger partial charge in [-0.25, -0.2) is 4.79 Å². The summed E-state index contributed by atoms with van der Waals surface area (Å²) in [6.07, 6.45) is -5.00. The Kier molecular flexibility index (Phi) is 4.46. The lowest BCUT2D eigenvalue weighted by molar-refractivity contribution is -0.192. The first-order chi connectivity index (χ1) is 8.38. The van der Waals surface area contributed by atoms with Gasteiger partial charge in [0.2, 0.25) is 0 Å². The van der Waals surface area contributed by atoms with Crippen molar-refractivity contribution in [2.24, 2.45) is 0 Å². The monoisotopic (exact) mass is 267 g/mol. The molecule has 0 bridgehead atoms. The molecule has 1 heterocycles. The smallest absolute Gasteiger partial charge is 0.433 e. The second-order valence-electron chi connectivity index (χ2n) is 3.29. The molecule has 0 fully saturated rings. The lowest BCUT2D eigenvalue weighted by Gasteiger charge is -2.14. The number of carbonyl (C=O) groups excluding carboxylic acids is 1. The van der Waals surface area contributed by atoms with E-state index in [0.717, 1.165) is 12.3 Å². The first kappa shape index (κ1) is 14.2. The Morgan fingerprint density at radius 3 is 2.67 bits per heavy atom. The predicted octanol–water partition coefficient (Wildman–Crippen LogP) is 2.69. The van der Waals surface area contributed by atoms with Crippen molar-refractivity contribution in [1.29, 1.82) is 0 Å². The number of nitrogens with zero attached hydrogens (tertiary/aromatic N) is 1.